The van der Waals surface area contributed by atoms with Gasteiger partial charge in [0.15, 0.2) is 23.3 Å². The van der Waals surface area contributed by atoms with Crippen molar-refractivity contribution in [3.63, 3.8) is 0 Å². The molecule has 6 atom stereocenters. The van der Waals surface area contributed by atoms with Gasteiger partial charge in [-0.25, -0.2) is 9.59 Å². The number of nitrogens with two attached hydrogens (primary N) is 2. The molecule has 1 aliphatic rings. The van der Waals surface area contributed by atoms with E-state index in [1.54, 1.807) is 27.7 Å². The highest BCUT2D eigenvalue weighted by Gasteiger charge is 2.61. The Morgan fingerprint density at radius 2 is 1.76 bits per heavy atom. The maximum atomic E-state index is 13.5. The van der Waals surface area contributed by atoms with Crippen molar-refractivity contribution >= 4 is 39.5 Å². The Morgan fingerprint density at radius 1 is 1.20 bits per heavy atom. The molecule has 2 rings (SSSR count). The Bertz CT molecular complexity index is 1280. The Kier molecular flexibility index (Phi) is 11.4. The van der Waals surface area contributed by atoms with E-state index in [9.17, 15) is 42.3 Å². The van der Waals surface area contributed by atoms with Gasteiger partial charge in [-0.05, 0) is 35.7 Å². The number of aliphatic hydroxyl groups is 1. The monoisotopic (exact) mass is 654 g/mol. The van der Waals surface area contributed by atoms with E-state index >= 15 is 0 Å². The van der Waals surface area contributed by atoms with Crippen LogP contribution in [0.4, 0.5) is 13.2 Å². The number of H-pyrrole nitrogens is 1. The fourth-order valence-corrected chi connectivity index (χ4v) is 4.85. The summed E-state index contributed by atoms with van der Waals surface area (Å²) in [5.41, 5.74) is 7.21. The molecular weight excluding hydrogens is 621 g/mol. The number of carbonyl (C=O) groups excluding carboxylic acids is 3. The molecule has 0 saturated carbocycles. The van der Waals surface area contributed by atoms with Crippen LogP contribution in [-0.4, -0.2) is 68.3 Å². The first-order valence-corrected chi connectivity index (χ1v) is 13.6. The van der Waals surface area contributed by atoms with Gasteiger partial charge in [0.2, 0.25) is 0 Å². The number of nitrogens with one attached hydrogen (secondary N) is 1. The number of halogens is 4. The van der Waals surface area contributed by atoms with Crippen LogP contribution in [0.5, 0.6) is 0 Å². The molecule has 230 valence electrons. The van der Waals surface area contributed by atoms with E-state index in [0.717, 1.165) is 10.8 Å². The summed E-state index contributed by atoms with van der Waals surface area (Å²) >= 11 is 2.99. The number of esters is 1. The van der Waals surface area contributed by atoms with Gasteiger partial charge in [0.05, 0.1) is 17.6 Å². The number of nitrogens with zero attached hydrogens (tertiary/aromatic N) is 1. The van der Waals surface area contributed by atoms with Crippen LogP contribution in [0.15, 0.2) is 20.8 Å². The zero-order valence-electron chi connectivity index (χ0n) is 22.8. The van der Waals surface area contributed by atoms with Gasteiger partial charge in [-0.15, -0.1) is 0 Å². The second-order valence-electron chi connectivity index (χ2n) is 10.7. The van der Waals surface area contributed by atoms with Crippen molar-refractivity contribution in [2.24, 2.45) is 23.3 Å². The summed E-state index contributed by atoms with van der Waals surface area (Å²) in [7, 11) is 0. The Labute approximate surface area is 241 Å². The number of hydrogen-bond donors (Lipinski definition) is 4. The minimum atomic E-state index is -5.55. The topological polar surface area (TPSA) is 197 Å². The van der Waals surface area contributed by atoms with Gasteiger partial charge in [0.25, 0.3) is 5.56 Å². The van der Waals surface area contributed by atoms with Crippen molar-refractivity contribution < 1.29 is 42.1 Å². The summed E-state index contributed by atoms with van der Waals surface area (Å²) in [5, 5.41) is 11.7. The molecule has 2 heterocycles. The first-order chi connectivity index (χ1) is 18.8. The summed E-state index contributed by atoms with van der Waals surface area (Å²) in [6, 6.07) is -2.85. The molecular formula is C25H34BrF3N4O8. The van der Waals surface area contributed by atoms with E-state index in [2.05, 4.69) is 20.7 Å². The molecule has 1 aliphatic heterocycles. The zero-order valence-corrected chi connectivity index (χ0v) is 24.4. The van der Waals surface area contributed by atoms with Crippen LogP contribution in [0.2, 0.25) is 0 Å². The van der Waals surface area contributed by atoms with Crippen LogP contribution >= 0.6 is 15.9 Å². The summed E-state index contributed by atoms with van der Waals surface area (Å²) in [6.07, 6.45) is -10.4. The van der Waals surface area contributed by atoms with E-state index in [4.69, 9.17) is 16.2 Å². The second-order valence-corrected chi connectivity index (χ2v) is 11.3. The molecule has 0 spiro atoms. The average molecular weight is 655 g/mol. The minimum Gasteiger partial charge on any atom is -0.445 e. The molecule has 1 aromatic rings. The van der Waals surface area contributed by atoms with Crippen molar-refractivity contribution in [1.29, 1.82) is 0 Å². The Hall–Kier alpha value is -2.66. The van der Waals surface area contributed by atoms with Crippen LogP contribution < -0.4 is 22.7 Å². The van der Waals surface area contributed by atoms with E-state index in [1.165, 1.54) is 11.1 Å². The van der Waals surface area contributed by atoms with Gasteiger partial charge >= 0.3 is 17.8 Å². The van der Waals surface area contributed by atoms with E-state index in [1.807, 2.05) is 4.98 Å². The fraction of sp³-hybridized carbons (Fsp3) is 0.640. The zero-order chi connectivity index (χ0) is 31.4. The first kappa shape index (κ1) is 34.5. The van der Waals surface area contributed by atoms with Gasteiger partial charge < -0.3 is 26.0 Å². The molecule has 1 saturated heterocycles. The number of alkyl halides is 3. The molecule has 1 fully saturated rings. The summed E-state index contributed by atoms with van der Waals surface area (Å²) < 4.78 is 50.7. The van der Waals surface area contributed by atoms with Crippen LogP contribution in [0.25, 0.3) is 6.08 Å². The van der Waals surface area contributed by atoms with Crippen LogP contribution in [-0.2, 0) is 23.9 Å². The summed E-state index contributed by atoms with van der Waals surface area (Å²) in [6.45, 7) is 6.81. The maximum absolute atomic E-state index is 13.5. The third-order valence-electron chi connectivity index (χ3n) is 6.41. The van der Waals surface area contributed by atoms with Crippen molar-refractivity contribution in [3.8, 4) is 0 Å². The van der Waals surface area contributed by atoms with Gasteiger partial charge in [0, 0.05) is 12.6 Å². The van der Waals surface area contributed by atoms with Gasteiger partial charge in [0.1, 0.15) is 12.3 Å². The third kappa shape index (κ3) is 8.22. The molecule has 0 bridgehead atoms. The molecule has 0 aromatic carbocycles. The highest BCUT2D eigenvalue weighted by molar-refractivity contribution is 9.11. The van der Waals surface area contributed by atoms with Crippen molar-refractivity contribution in [2.75, 3.05) is 0 Å². The largest absolute Gasteiger partial charge is 0.490 e. The Morgan fingerprint density at radius 3 is 2.27 bits per heavy atom. The van der Waals surface area contributed by atoms with Crippen molar-refractivity contribution in [3.05, 3.63) is 37.6 Å². The second kappa shape index (κ2) is 13.5. The quantitative estimate of drug-likeness (QED) is 0.238. The van der Waals surface area contributed by atoms with E-state index in [-0.39, 0.29) is 30.2 Å². The number of aromatic nitrogens is 2. The number of Topliss-reactive ketones (excluding diaryl/α,β-unsaturated/α-hetero) is 2. The normalized spacial score (nSPS) is 23.6. The molecule has 0 aliphatic carbocycles. The number of hydrogen-bond acceptors (Lipinski definition) is 10. The lowest BCUT2D eigenvalue weighted by atomic mass is 9.80. The molecule has 12 nitrogen and oxygen atoms in total. The predicted molar refractivity (Wildman–Crippen MR) is 144 cm³/mol. The number of ether oxygens (including phenoxy) is 2. The summed E-state index contributed by atoms with van der Waals surface area (Å²) in [4.78, 5) is 66.9. The summed E-state index contributed by atoms with van der Waals surface area (Å²) in [5.74, 6) is -5.52. The first-order valence-electron chi connectivity index (χ1n) is 12.7. The van der Waals surface area contributed by atoms with Crippen LogP contribution in [0.3, 0.4) is 0 Å². The highest BCUT2D eigenvalue weighted by Crippen LogP contribution is 2.41. The number of rotatable bonds is 12. The maximum Gasteiger partial charge on any atom is 0.490 e. The molecule has 0 radical (unpaired) electrons. The van der Waals surface area contributed by atoms with Gasteiger partial charge in [-0.1, -0.05) is 43.6 Å². The fourth-order valence-electron chi connectivity index (χ4n) is 4.56. The van der Waals surface area contributed by atoms with Crippen LogP contribution in [0, 0.1) is 11.8 Å². The van der Waals surface area contributed by atoms with Gasteiger partial charge in [-0.2, -0.15) is 13.2 Å². The van der Waals surface area contributed by atoms with Crippen molar-refractivity contribution in [1.82, 2.24) is 9.55 Å². The lowest BCUT2D eigenvalue weighted by Crippen LogP contribution is -2.61. The Balaban J connectivity index is 2.73. The standard InChI is InChI=1S/C25H34BrF3N4O8/c1-11(2)7-14(30)17(34)18(41-22(37)25(27,28)29)20-24(39,19(35)15(31)8-12(3)4)9-16(40-20)33-10-13(5-6-26)21(36)32-23(33)38/h5-6,10-12,14-16,18,20,39H,7-9,30-31H2,1-4H3,(H,32,36,38)/b6-5+/t14-,15-,16+,18?,20+,24+/m0/s1. The average Bonchev–Trinajstić information content (AvgIpc) is 3.19. The molecule has 41 heavy (non-hydrogen) atoms. The predicted octanol–water partition coefficient (Wildman–Crippen LogP) is 1.28. The lowest BCUT2D eigenvalue weighted by Gasteiger charge is -2.34. The van der Waals surface area contributed by atoms with E-state index < -0.39 is 77.5 Å². The third-order valence-corrected chi connectivity index (χ3v) is 6.67. The SMILES string of the molecule is CC(C)C[C@H](N)C(=O)C(OC(=O)C(F)(F)F)[C@H]1O[C@@H](n2cc(/C=C/Br)c(=O)[nH]c2=O)C[C@@]1(O)C(=O)[C@@H](N)CC(C)C. The molecule has 16 heteroatoms. The molecule has 0 amide bonds. The molecule has 1 aromatic heterocycles. The highest BCUT2D eigenvalue weighted by atomic mass is 79.9. The number of aromatic amines is 1. The van der Waals surface area contributed by atoms with Gasteiger partial charge in [-0.3, -0.25) is 23.9 Å². The lowest BCUT2D eigenvalue weighted by molar-refractivity contribution is -0.215. The molecule has 1 unspecified atom stereocenters. The minimum absolute atomic E-state index is 0.0329. The molecule has 6 N–H and O–H groups in total. The number of carbonyl (C=O) groups is 3. The number of ketones is 2. The van der Waals surface area contributed by atoms with E-state index in [0.29, 0.717) is 0 Å². The van der Waals surface area contributed by atoms with Crippen LogP contribution in [0.1, 0.15) is 58.7 Å². The smallest absolute Gasteiger partial charge is 0.445 e. The van der Waals surface area contributed by atoms with Crippen molar-refractivity contribution in [2.45, 2.75) is 89.3 Å².